The van der Waals surface area contributed by atoms with Crippen molar-refractivity contribution in [3.8, 4) is 35.1 Å². The number of likely N-dealkylation sites (tertiary alicyclic amines) is 1. The zero-order valence-electron chi connectivity index (χ0n) is 17.2. The molecule has 1 aliphatic heterocycles. The lowest BCUT2D eigenvalue weighted by atomic mass is 10.1. The van der Waals surface area contributed by atoms with Crippen LogP contribution in [0.5, 0.6) is 11.5 Å². The van der Waals surface area contributed by atoms with Crippen LogP contribution in [0.15, 0.2) is 60.9 Å². The second-order valence-electron chi connectivity index (χ2n) is 7.53. The number of rotatable bonds is 4. The summed E-state index contributed by atoms with van der Waals surface area (Å²) in [7, 11) is 0. The SMILES string of the molecule is C#CC(=O)N1CCC(n2nc(-c3ccc(Oc4ccccc4)cc3)c3c(N)ncnc32)C1. The van der Waals surface area contributed by atoms with Crippen molar-refractivity contribution in [2.24, 2.45) is 0 Å². The average Bonchev–Trinajstić information content (AvgIpc) is 3.46. The number of hydrogen-bond acceptors (Lipinski definition) is 6. The minimum Gasteiger partial charge on any atom is -0.457 e. The largest absolute Gasteiger partial charge is 0.457 e. The molecule has 0 bridgehead atoms. The summed E-state index contributed by atoms with van der Waals surface area (Å²) in [6.07, 6.45) is 7.44. The van der Waals surface area contributed by atoms with Crippen LogP contribution in [-0.4, -0.2) is 43.6 Å². The molecule has 2 aromatic carbocycles. The highest BCUT2D eigenvalue weighted by Crippen LogP contribution is 2.34. The first-order valence-electron chi connectivity index (χ1n) is 10.2. The van der Waals surface area contributed by atoms with Gasteiger partial charge in [0.05, 0.1) is 11.4 Å². The van der Waals surface area contributed by atoms with Gasteiger partial charge < -0.3 is 15.4 Å². The molecule has 8 heteroatoms. The highest BCUT2D eigenvalue weighted by atomic mass is 16.5. The van der Waals surface area contributed by atoms with E-state index in [1.54, 1.807) is 4.90 Å². The van der Waals surface area contributed by atoms with Gasteiger partial charge in [-0.15, -0.1) is 6.42 Å². The minimum atomic E-state index is -0.313. The zero-order chi connectivity index (χ0) is 22.1. The molecule has 0 spiro atoms. The fourth-order valence-corrected chi connectivity index (χ4v) is 3.97. The van der Waals surface area contributed by atoms with Gasteiger partial charge in [-0.2, -0.15) is 5.10 Å². The summed E-state index contributed by atoms with van der Waals surface area (Å²) in [6.45, 7) is 1.06. The predicted molar refractivity (Wildman–Crippen MR) is 121 cm³/mol. The first-order valence-corrected chi connectivity index (χ1v) is 10.2. The van der Waals surface area contributed by atoms with Crippen LogP contribution in [0.3, 0.4) is 0 Å². The Kier molecular flexibility index (Phi) is 4.92. The molecular formula is C24H20N6O2. The Hall–Kier alpha value is -4.38. The number of anilines is 1. The standard InChI is InChI=1S/C24H20N6O2/c1-2-20(31)29-13-12-17(14-29)30-24-21(23(25)26-15-27-24)22(28-30)16-8-10-19(11-9-16)32-18-6-4-3-5-7-18/h1,3-11,15,17H,12-14H2,(H2,25,26,27). The van der Waals surface area contributed by atoms with Crippen LogP contribution in [0.4, 0.5) is 5.82 Å². The van der Waals surface area contributed by atoms with Gasteiger partial charge in [-0.3, -0.25) is 4.79 Å². The number of ether oxygens (including phenoxy) is 1. The molecule has 5 rings (SSSR count). The number of nitrogen functional groups attached to an aromatic ring is 1. The molecule has 0 aliphatic carbocycles. The van der Waals surface area contributed by atoms with Gasteiger partial charge in [0.2, 0.25) is 0 Å². The van der Waals surface area contributed by atoms with Gasteiger partial charge in [-0.05, 0) is 48.7 Å². The van der Waals surface area contributed by atoms with Gasteiger partial charge in [0.1, 0.15) is 29.3 Å². The summed E-state index contributed by atoms with van der Waals surface area (Å²) in [5.74, 6) is 3.70. The van der Waals surface area contributed by atoms with Crippen LogP contribution in [0.25, 0.3) is 22.3 Å². The van der Waals surface area contributed by atoms with Crippen molar-refractivity contribution in [3.63, 3.8) is 0 Å². The number of nitrogens with zero attached hydrogens (tertiary/aromatic N) is 5. The van der Waals surface area contributed by atoms with Gasteiger partial charge in [-0.25, -0.2) is 14.6 Å². The second-order valence-corrected chi connectivity index (χ2v) is 7.53. The zero-order valence-corrected chi connectivity index (χ0v) is 17.2. The molecule has 1 saturated heterocycles. The molecule has 0 saturated carbocycles. The molecule has 4 aromatic rings. The molecule has 2 N–H and O–H groups in total. The van der Waals surface area contributed by atoms with Gasteiger partial charge in [0, 0.05) is 18.7 Å². The number of terminal acetylenes is 1. The van der Waals surface area contributed by atoms with Crippen LogP contribution in [0, 0.1) is 12.3 Å². The maximum Gasteiger partial charge on any atom is 0.298 e. The van der Waals surface area contributed by atoms with Gasteiger partial charge in [0.15, 0.2) is 5.65 Å². The Labute approximate surface area is 184 Å². The third-order valence-corrected chi connectivity index (χ3v) is 5.54. The van der Waals surface area contributed by atoms with Crippen molar-refractivity contribution in [1.29, 1.82) is 0 Å². The second kappa shape index (κ2) is 8.04. The maximum absolute atomic E-state index is 11.9. The number of para-hydroxylation sites is 1. The van der Waals surface area contributed by atoms with E-state index in [2.05, 4.69) is 15.9 Å². The van der Waals surface area contributed by atoms with Crippen molar-refractivity contribution in [3.05, 3.63) is 60.9 Å². The topological polar surface area (TPSA) is 99.2 Å². The van der Waals surface area contributed by atoms with Crippen molar-refractivity contribution in [2.75, 3.05) is 18.8 Å². The summed E-state index contributed by atoms with van der Waals surface area (Å²) in [6, 6.07) is 17.2. The first-order chi connectivity index (χ1) is 15.6. The molecule has 158 valence electrons. The van der Waals surface area contributed by atoms with E-state index in [-0.39, 0.29) is 11.9 Å². The molecule has 1 aliphatic rings. The summed E-state index contributed by atoms with van der Waals surface area (Å²) < 4.78 is 7.72. The summed E-state index contributed by atoms with van der Waals surface area (Å²) in [5.41, 5.74) is 8.40. The lowest BCUT2D eigenvalue weighted by Crippen LogP contribution is -2.27. The van der Waals surface area contributed by atoms with E-state index in [0.717, 1.165) is 17.7 Å². The fourth-order valence-electron chi connectivity index (χ4n) is 3.97. The van der Waals surface area contributed by atoms with Crippen LogP contribution >= 0.6 is 0 Å². The van der Waals surface area contributed by atoms with Gasteiger partial charge in [0.25, 0.3) is 5.91 Å². The number of benzene rings is 2. The summed E-state index contributed by atoms with van der Waals surface area (Å²) in [4.78, 5) is 22.1. The number of hydrogen-bond donors (Lipinski definition) is 1. The molecule has 1 unspecified atom stereocenters. The van der Waals surface area contributed by atoms with E-state index in [0.29, 0.717) is 41.4 Å². The third kappa shape index (κ3) is 3.50. The molecule has 8 nitrogen and oxygen atoms in total. The Bertz CT molecular complexity index is 1320. The molecule has 1 amide bonds. The van der Waals surface area contributed by atoms with Crippen molar-refractivity contribution in [1.82, 2.24) is 24.6 Å². The van der Waals surface area contributed by atoms with Crippen LogP contribution in [0.2, 0.25) is 0 Å². The highest BCUT2D eigenvalue weighted by molar-refractivity contribution is 5.98. The lowest BCUT2D eigenvalue weighted by molar-refractivity contribution is -0.124. The Balaban J connectivity index is 1.50. The van der Waals surface area contributed by atoms with Crippen molar-refractivity contribution in [2.45, 2.75) is 12.5 Å². The Morgan fingerprint density at radius 2 is 1.84 bits per heavy atom. The van der Waals surface area contributed by atoms with E-state index >= 15 is 0 Å². The van der Waals surface area contributed by atoms with Crippen LogP contribution in [-0.2, 0) is 4.79 Å². The predicted octanol–water partition coefficient (Wildman–Crippen LogP) is 3.27. The third-order valence-electron chi connectivity index (χ3n) is 5.54. The Morgan fingerprint density at radius 1 is 1.09 bits per heavy atom. The van der Waals surface area contributed by atoms with E-state index in [4.69, 9.17) is 22.0 Å². The minimum absolute atomic E-state index is 0.0430. The van der Waals surface area contributed by atoms with Crippen LogP contribution < -0.4 is 10.5 Å². The van der Waals surface area contributed by atoms with Crippen molar-refractivity contribution >= 4 is 22.8 Å². The molecule has 0 radical (unpaired) electrons. The molecule has 1 atom stereocenters. The first kappa shape index (κ1) is 19.6. The summed E-state index contributed by atoms with van der Waals surface area (Å²) in [5, 5.41) is 5.53. The van der Waals surface area contributed by atoms with E-state index in [9.17, 15) is 4.79 Å². The summed E-state index contributed by atoms with van der Waals surface area (Å²) >= 11 is 0. The monoisotopic (exact) mass is 424 g/mol. The van der Waals surface area contributed by atoms with Gasteiger partial charge in [-0.1, -0.05) is 18.2 Å². The van der Waals surface area contributed by atoms with Gasteiger partial charge >= 0.3 is 0 Å². The quantitative estimate of drug-likeness (QED) is 0.505. The molecule has 1 fully saturated rings. The molecule has 2 aromatic heterocycles. The van der Waals surface area contributed by atoms with Crippen molar-refractivity contribution < 1.29 is 9.53 Å². The number of nitrogens with two attached hydrogens (primary N) is 1. The average molecular weight is 424 g/mol. The molecule has 32 heavy (non-hydrogen) atoms. The molecular weight excluding hydrogens is 404 g/mol. The number of carbonyl (C=O) groups is 1. The maximum atomic E-state index is 11.9. The smallest absolute Gasteiger partial charge is 0.298 e. The number of carbonyl (C=O) groups excluding carboxylic acids is 1. The fraction of sp³-hybridized carbons (Fsp3) is 0.167. The number of aromatic nitrogens is 4. The number of amides is 1. The van der Waals surface area contributed by atoms with E-state index in [1.165, 1.54) is 6.33 Å². The normalized spacial score (nSPS) is 15.6. The van der Waals surface area contributed by atoms with E-state index < -0.39 is 0 Å². The lowest BCUT2D eigenvalue weighted by Gasteiger charge is -2.13. The van der Waals surface area contributed by atoms with Crippen LogP contribution in [0.1, 0.15) is 12.5 Å². The number of fused-ring (bicyclic) bond motifs is 1. The van der Waals surface area contributed by atoms with E-state index in [1.807, 2.05) is 59.3 Å². The highest BCUT2D eigenvalue weighted by Gasteiger charge is 2.30. The molecule has 3 heterocycles. The Morgan fingerprint density at radius 3 is 2.59 bits per heavy atom.